The molecule has 0 radical (unpaired) electrons. The fourth-order valence-electron chi connectivity index (χ4n) is 0.542. The number of aliphatic carboxylic acids is 2. The highest BCUT2D eigenvalue weighted by molar-refractivity contribution is 5.94. The topological polar surface area (TPSA) is 74.6 Å². The lowest BCUT2D eigenvalue weighted by Crippen LogP contribution is -2.20. The average Bonchev–Trinajstić information content (AvgIpc) is 1.87. The summed E-state index contributed by atoms with van der Waals surface area (Å²) in [6.45, 7) is 1.80. The van der Waals surface area contributed by atoms with Crippen LogP contribution >= 0.6 is 0 Å². The highest BCUT2D eigenvalue weighted by Crippen LogP contribution is 1.99. The maximum atomic E-state index is 10.2. The smallest absolute Gasteiger partial charge is 0.321 e. The van der Waals surface area contributed by atoms with Crippen molar-refractivity contribution in [1.29, 1.82) is 0 Å². The first kappa shape index (κ1) is 9.68. The van der Waals surface area contributed by atoms with Crippen LogP contribution in [0.25, 0.3) is 0 Å². The van der Waals surface area contributed by atoms with Crippen LogP contribution < -0.4 is 0 Å². The van der Waals surface area contributed by atoms with Crippen LogP contribution in [0, 0.1) is 5.92 Å². The Kier molecular flexibility index (Phi) is 3.95. The molecule has 0 unspecified atom stereocenters. The SMILES string of the molecule is CC/C=C/C(C(=O)O)C(=O)O. The quantitative estimate of drug-likeness (QED) is 0.467. The summed E-state index contributed by atoms with van der Waals surface area (Å²) in [6.07, 6.45) is 3.33. The molecule has 0 aliphatic carbocycles. The second kappa shape index (κ2) is 4.49. The molecule has 4 heteroatoms. The first-order valence-corrected chi connectivity index (χ1v) is 3.21. The molecule has 0 heterocycles. The van der Waals surface area contributed by atoms with E-state index in [1.165, 1.54) is 12.2 Å². The van der Waals surface area contributed by atoms with Crippen molar-refractivity contribution in [2.45, 2.75) is 13.3 Å². The molecule has 11 heavy (non-hydrogen) atoms. The molecule has 0 aliphatic heterocycles. The lowest BCUT2D eigenvalue weighted by atomic mass is 10.1. The molecule has 0 fully saturated rings. The molecule has 0 aromatic rings. The van der Waals surface area contributed by atoms with Gasteiger partial charge in [0.25, 0.3) is 0 Å². The second-order valence-corrected chi connectivity index (χ2v) is 1.99. The molecule has 0 amide bonds. The van der Waals surface area contributed by atoms with Crippen molar-refractivity contribution in [2.75, 3.05) is 0 Å². The van der Waals surface area contributed by atoms with Gasteiger partial charge in [0.05, 0.1) is 0 Å². The molecule has 0 spiro atoms. The molecule has 0 rings (SSSR count). The van der Waals surface area contributed by atoms with Crippen molar-refractivity contribution in [3.05, 3.63) is 12.2 Å². The minimum absolute atomic E-state index is 0.636. The second-order valence-electron chi connectivity index (χ2n) is 1.99. The van der Waals surface area contributed by atoms with Crippen molar-refractivity contribution in [3.8, 4) is 0 Å². The van der Waals surface area contributed by atoms with Crippen LogP contribution in [0.15, 0.2) is 12.2 Å². The maximum absolute atomic E-state index is 10.2. The van der Waals surface area contributed by atoms with Crippen LogP contribution in [0.1, 0.15) is 13.3 Å². The van der Waals surface area contributed by atoms with Gasteiger partial charge in [0.2, 0.25) is 0 Å². The summed E-state index contributed by atoms with van der Waals surface area (Å²) in [5.41, 5.74) is 0. The summed E-state index contributed by atoms with van der Waals surface area (Å²) in [5, 5.41) is 16.7. The van der Waals surface area contributed by atoms with Crippen molar-refractivity contribution in [2.24, 2.45) is 5.92 Å². The monoisotopic (exact) mass is 158 g/mol. The first-order valence-electron chi connectivity index (χ1n) is 3.21. The zero-order valence-electron chi connectivity index (χ0n) is 6.15. The van der Waals surface area contributed by atoms with Crippen molar-refractivity contribution < 1.29 is 19.8 Å². The van der Waals surface area contributed by atoms with Gasteiger partial charge >= 0.3 is 11.9 Å². The van der Waals surface area contributed by atoms with E-state index >= 15 is 0 Å². The van der Waals surface area contributed by atoms with Gasteiger partial charge in [-0.1, -0.05) is 19.1 Å². The fraction of sp³-hybridized carbons (Fsp3) is 0.429. The number of carboxylic acids is 2. The van der Waals surface area contributed by atoms with Crippen molar-refractivity contribution in [1.82, 2.24) is 0 Å². The Labute approximate surface area is 64.2 Å². The van der Waals surface area contributed by atoms with Crippen LogP contribution in [0.4, 0.5) is 0 Å². The third-order valence-corrected chi connectivity index (χ3v) is 1.10. The Hall–Kier alpha value is -1.32. The van der Waals surface area contributed by atoms with Crippen LogP contribution in [0.5, 0.6) is 0 Å². The first-order chi connectivity index (χ1) is 5.09. The van der Waals surface area contributed by atoms with E-state index in [0.717, 1.165) is 0 Å². The predicted molar refractivity (Wildman–Crippen MR) is 38.2 cm³/mol. The van der Waals surface area contributed by atoms with Gasteiger partial charge in [0.15, 0.2) is 5.92 Å². The number of rotatable bonds is 4. The highest BCUT2D eigenvalue weighted by Gasteiger charge is 2.21. The molecule has 4 nitrogen and oxygen atoms in total. The van der Waals surface area contributed by atoms with Crippen molar-refractivity contribution in [3.63, 3.8) is 0 Å². The number of allylic oxidation sites excluding steroid dienone is 1. The Bertz CT molecular complexity index is 169. The number of carboxylic acid groups (broad SMARTS) is 2. The Morgan fingerprint density at radius 3 is 2.09 bits per heavy atom. The summed E-state index contributed by atoms with van der Waals surface area (Å²) < 4.78 is 0. The van der Waals surface area contributed by atoms with Crippen LogP contribution in [-0.4, -0.2) is 22.2 Å². The maximum Gasteiger partial charge on any atom is 0.321 e. The van der Waals surface area contributed by atoms with Gasteiger partial charge in [-0.15, -0.1) is 0 Å². The molecule has 0 saturated carbocycles. The zero-order chi connectivity index (χ0) is 8.85. The van der Waals surface area contributed by atoms with Gasteiger partial charge in [-0.2, -0.15) is 0 Å². The molecule has 0 saturated heterocycles. The molecular formula is C7H10O4. The summed E-state index contributed by atoms with van der Waals surface area (Å²) >= 11 is 0. The zero-order valence-corrected chi connectivity index (χ0v) is 6.15. The minimum Gasteiger partial charge on any atom is -0.480 e. The van der Waals surface area contributed by atoms with Crippen LogP contribution in [0.2, 0.25) is 0 Å². The highest BCUT2D eigenvalue weighted by atomic mass is 16.4. The third kappa shape index (κ3) is 3.40. The standard InChI is InChI=1S/C7H10O4/c1-2-3-4-5(6(8)9)7(10)11/h3-5H,2H2,1H3,(H,8,9)(H,10,11)/b4-3+. The Morgan fingerprint density at radius 2 is 1.82 bits per heavy atom. The van der Waals surface area contributed by atoms with E-state index in [2.05, 4.69) is 0 Å². The van der Waals surface area contributed by atoms with Gasteiger partial charge < -0.3 is 10.2 Å². The molecule has 0 aromatic heterocycles. The normalized spacial score (nSPS) is 10.7. The van der Waals surface area contributed by atoms with Gasteiger partial charge in [-0.3, -0.25) is 9.59 Å². The predicted octanol–water partition coefficient (Wildman–Crippen LogP) is 0.738. The summed E-state index contributed by atoms with van der Waals surface area (Å²) in [5.74, 6) is -4.07. The third-order valence-electron chi connectivity index (χ3n) is 1.10. The van der Waals surface area contributed by atoms with E-state index in [-0.39, 0.29) is 0 Å². The number of hydrogen-bond acceptors (Lipinski definition) is 2. The van der Waals surface area contributed by atoms with E-state index < -0.39 is 17.9 Å². The molecule has 0 aliphatic rings. The van der Waals surface area contributed by atoms with E-state index in [1.807, 2.05) is 0 Å². The Balaban J connectivity index is 4.23. The Morgan fingerprint density at radius 1 is 1.36 bits per heavy atom. The average molecular weight is 158 g/mol. The van der Waals surface area contributed by atoms with E-state index in [0.29, 0.717) is 6.42 Å². The molecule has 2 N–H and O–H groups in total. The van der Waals surface area contributed by atoms with Gasteiger partial charge in [0, 0.05) is 0 Å². The molecular weight excluding hydrogens is 148 g/mol. The van der Waals surface area contributed by atoms with Gasteiger partial charge in [0.1, 0.15) is 0 Å². The van der Waals surface area contributed by atoms with Crippen molar-refractivity contribution >= 4 is 11.9 Å². The summed E-state index contributed by atoms with van der Waals surface area (Å²) in [6, 6.07) is 0. The number of carbonyl (C=O) groups is 2. The van der Waals surface area contributed by atoms with E-state index in [4.69, 9.17) is 10.2 Å². The van der Waals surface area contributed by atoms with Crippen LogP contribution in [0.3, 0.4) is 0 Å². The lowest BCUT2D eigenvalue weighted by molar-refractivity contribution is -0.151. The molecule has 0 aromatic carbocycles. The van der Waals surface area contributed by atoms with E-state index in [9.17, 15) is 9.59 Å². The van der Waals surface area contributed by atoms with E-state index in [1.54, 1.807) is 6.92 Å². The lowest BCUT2D eigenvalue weighted by Gasteiger charge is -1.98. The largest absolute Gasteiger partial charge is 0.480 e. The fourth-order valence-corrected chi connectivity index (χ4v) is 0.542. The molecule has 0 bridgehead atoms. The summed E-state index contributed by atoms with van der Waals surface area (Å²) in [4.78, 5) is 20.4. The van der Waals surface area contributed by atoms with Gasteiger partial charge in [-0.25, -0.2) is 0 Å². The van der Waals surface area contributed by atoms with Gasteiger partial charge in [-0.05, 0) is 6.42 Å². The number of hydrogen-bond donors (Lipinski definition) is 2. The minimum atomic E-state index is -1.41. The van der Waals surface area contributed by atoms with Crippen LogP contribution in [-0.2, 0) is 9.59 Å². The molecule has 0 atom stereocenters. The summed E-state index contributed by atoms with van der Waals surface area (Å²) in [7, 11) is 0. The molecule has 62 valence electrons.